The number of halogens is 3. The van der Waals surface area contributed by atoms with Gasteiger partial charge in [0.2, 0.25) is 0 Å². The average molecular weight is 510 g/mol. The molecule has 0 fully saturated rings. The van der Waals surface area contributed by atoms with Crippen molar-refractivity contribution in [3.05, 3.63) is 95.7 Å². The third-order valence-corrected chi connectivity index (χ3v) is 5.38. The number of aromatic carboxylic acids is 1. The smallest absolute Gasteiger partial charge is 0.416 e. The van der Waals surface area contributed by atoms with Gasteiger partial charge in [-0.05, 0) is 60.6 Å². The molecule has 0 aliphatic carbocycles. The maximum atomic E-state index is 12.9. The Bertz CT molecular complexity index is 1390. The molecule has 192 valence electrons. The molecule has 9 heteroatoms. The highest BCUT2D eigenvalue weighted by Crippen LogP contribution is 2.32. The van der Waals surface area contributed by atoms with Crippen molar-refractivity contribution < 1.29 is 27.9 Å². The van der Waals surface area contributed by atoms with Crippen LogP contribution in [0.5, 0.6) is 0 Å². The third kappa shape index (κ3) is 7.14. The fourth-order valence-corrected chi connectivity index (χ4v) is 3.54. The number of anilines is 1. The van der Waals surface area contributed by atoms with Crippen LogP contribution in [0.1, 0.15) is 40.1 Å². The van der Waals surface area contributed by atoms with E-state index in [0.717, 1.165) is 25.2 Å². The molecule has 3 N–H and O–H groups in total. The number of carboxylic acids is 1. The van der Waals surface area contributed by atoms with E-state index in [1.54, 1.807) is 42.5 Å². The third-order valence-electron chi connectivity index (χ3n) is 5.38. The maximum absolute atomic E-state index is 12.9. The van der Waals surface area contributed by atoms with Gasteiger partial charge in [0, 0.05) is 22.8 Å². The van der Waals surface area contributed by atoms with Crippen molar-refractivity contribution in [3.63, 3.8) is 0 Å². The fourth-order valence-electron chi connectivity index (χ4n) is 3.54. The van der Waals surface area contributed by atoms with Crippen LogP contribution in [-0.4, -0.2) is 35.1 Å². The van der Waals surface area contributed by atoms with Crippen molar-refractivity contribution in [1.29, 1.82) is 0 Å². The summed E-state index contributed by atoms with van der Waals surface area (Å²) in [6, 6.07) is 17.6. The molecular weight excluding hydrogens is 483 g/mol. The molecule has 0 saturated carbocycles. The number of aromatic nitrogens is 1. The van der Waals surface area contributed by atoms with E-state index in [2.05, 4.69) is 29.5 Å². The number of amides is 1. The van der Waals surface area contributed by atoms with Crippen molar-refractivity contribution in [2.75, 3.05) is 18.4 Å². The first-order chi connectivity index (χ1) is 17.6. The highest BCUT2D eigenvalue weighted by Gasteiger charge is 2.30. The maximum Gasteiger partial charge on any atom is 0.416 e. The van der Waals surface area contributed by atoms with Crippen LogP contribution in [0.3, 0.4) is 0 Å². The number of carbonyl (C=O) groups excluding carboxylic acids is 1. The van der Waals surface area contributed by atoms with E-state index >= 15 is 0 Å². The van der Waals surface area contributed by atoms with Gasteiger partial charge in [0.1, 0.15) is 0 Å². The Balaban J connectivity index is 0.000000695. The van der Waals surface area contributed by atoms with Crippen LogP contribution < -0.4 is 10.6 Å². The Morgan fingerprint density at radius 3 is 2.19 bits per heavy atom. The standard InChI is InChI=1S/C24H15F3N2O3.C4H11N/c25-24(26,27)17-8-5-14(6-9-17)19-3-1-2-4-20(19)22(30)29-18-10-7-15-11-16(23(31)32)13-28-21(15)12-18;1-3-5-4-2/h1-13H,(H,29,30)(H,31,32);5H,3-4H2,1-2H3. The monoisotopic (exact) mass is 509 g/mol. The summed E-state index contributed by atoms with van der Waals surface area (Å²) in [6.45, 7) is 6.39. The number of nitrogens with zero attached hydrogens (tertiary/aromatic N) is 1. The van der Waals surface area contributed by atoms with E-state index in [4.69, 9.17) is 5.11 Å². The molecular formula is C28H26F3N3O3. The zero-order chi connectivity index (χ0) is 27.0. The van der Waals surface area contributed by atoms with Gasteiger partial charge in [-0.2, -0.15) is 13.2 Å². The summed E-state index contributed by atoms with van der Waals surface area (Å²) >= 11 is 0. The number of hydrogen-bond acceptors (Lipinski definition) is 4. The number of rotatable bonds is 6. The highest BCUT2D eigenvalue weighted by molar-refractivity contribution is 6.09. The molecule has 0 bridgehead atoms. The Morgan fingerprint density at radius 2 is 1.59 bits per heavy atom. The molecule has 0 aliphatic heterocycles. The average Bonchev–Trinajstić information content (AvgIpc) is 2.88. The van der Waals surface area contributed by atoms with Crippen molar-refractivity contribution in [2.45, 2.75) is 20.0 Å². The molecule has 37 heavy (non-hydrogen) atoms. The number of benzene rings is 3. The SMILES string of the molecule is CCNCC.O=C(O)c1cnc2cc(NC(=O)c3ccccc3-c3ccc(C(F)(F)F)cc3)ccc2c1. The van der Waals surface area contributed by atoms with Crippen LogP contribution in [-0.2, 0) is 6.18 Å². The zero-order valence-corrected chi connectivity index (χ0v) is 20.3. The van der Waals surface area contributed by atoms with Gasteiger partial charge in [-0.3, -0.25) is 9.78 Å². The second-order valence-electron chi connectivity index (χ2n) is 7.97. The molecule has 3 aromatic carbocycles. The summed E-state index contributed by atoms with van der Waals surface area (Å²) in [7, 11) is 0. The lowest BCUT2D eigenvalue weighted by Crippen LogP contribution is -2.13. The lowest BCUT2D eigenvalue weighted by Gasteiger charge is -2.12. The van der Waals surface area contributed by atoms with Crippen LogP contribution >= 0.6 is 0 Å². The molecule has 1 amide bonds. The van der Waals surface area contributed by atoms with E-state index in [1.165, 1.54) is 24.4 Å². The molecule has 0 atom stereocenters. The minimum atomic E-state index is -4.44. The lowest BCUT2D eigenvalue weighted by molar-refractivity contribution is -0.137. The molecule has 4 aromatic rings. The molecule has 1 heterocycles. The second kappa shape index (κ2) is 12.1. The number of carbonyl (C=O) groups is 2. The summed E-state index contributed by atoms with van der Waals surface area (Å²) in [4.78, 5) is 28.1. The summed E-state index contributed by atoms with van der Waals surface area (Å²) in [6.07, 6.45) is -3.21. The van der Waals surface area contributed by atoms with Gasteiger partial charge in [-0.15, -0.1) is 0 Å². The molecule has 6 nitrogen and oxygen atoms in total. The number of nitrogens with one attached hydrogen (secondary N) is 2. The van der Waals surface area contributed by atoms with Crippen LogP contribution in [0.25, 0.3) is 22.0 Å². The Labute approximate surface area is 212 Å². The zero-order valence-electron chi connectivity index (χ0n) is 20.3. The minimum Gasteiger partial charge on any atom is -0.478 e. The summed E-state index contributed by atoms with van der Waals surface area (Å²) in [5.41, 5.74) is 1.50. The topological polar surface area (TPSA) is 91.3 Å². The summed E-state index contributed by atoms with van der Waals surface area (Å²) in [5.74, 6) is -1.53. The van der Waals surface area contributed by atoms with E-state index < -0.39 is 23.6 Å². The molecule has 0 spiro atoms. The molecule has 0 unspecified atom stereocenters. The number of alkyl halides is 3. The molecule has 0 aliphatic rings. The van der Waals surface area contributed by atoms with Gasteiger partial charge in [0.25, 0.3) is 5.91 Å². The Hall–Kier alpha value is -4.24. The highest BCUT2D eigenvalue weighted by atomic mass is 19.4. The van der Waals surface area contributed by atoms with Gasteiger partial charge in [-0.25, -0.2) is 4.79 Å². The van der Waals surface area contributed by atoms with E-state index in [9.17, 15) is 22.8 Å². The Kier molecular flexibility index (Phi) is 8.97. The Morgan fingerprint density at radius 1 is 0.919 bits per heavy atom. The molecule has 0 radical (unpaired) electrons. The quantitative estimate of drug-likeness (QED) is 0.277. The first kappa shape index (κ1) is 27.3. The first-order valence-electron chi connectivity index (χ1n) is 11.6. The van der Waals surface area contributed by atoms with E-state index in [1.807, 2.05) is 0 Å². The van der Waals surface area contributed by atoms with E-state index in [0.29, 0.717) is 33.3 Å². The number of carboxylic acid groups (broad SMARTS) is 1. The van der Waals surface area contributed by atoms with Crippen LogP contribution in [0.4, 0.5) is 18.9 Å². The number of pyridine rings is 1. The number of hydrogen-bond donors (Lipinski definition) is 3. The van der Waals surface area contributed by atoms with Crippen LogP contribution in [0.2, 0.25) is 0 Å². The van der Waals surface area contributed by atoms with Crippen LogP contribution in [0.15, 0.2) is 79.0 Å². The van der Waals surface area contributed by atoms with Gasteiger partial charge >= 0.3 is 12.1 Å². The molecule has 0 saturated heterocycles. The second-order valence-corrected chi connectivity index (χ2v) is 7.97. The lowest BCUT2D eigenvalue weighted by atomic mass is 9.98. The van der Waals surface area contributed by atoms with Crippen molar-refractivity contribution in [3.8, 4) is 11.1 Å². The first-order valence-corrected chi connectivity index (χ1v) is 11.6. The fraction of sp³-hybridized carbons (Fsp3) is 0.179. The van der Waals surface area contributed by atoms with Crippen LogP contribution in [0, 0.1) is 0 Å². The van der Waals surface area contributed by atoms with Crippen molar-refractivity contribution >= 4 is 28.5 Å². The minimum absolute atomic E-state index is 0.0553. The summed E-state index contributed by atoms with van der Waals surface area (Å²) in [5, 5.41) is 15.5. The summed E-state index contributed by atoms with van der Waals surface area (Å²) < 4.78 is 38.5. The predicted octanol–water partition coefficient (Wildman–Crippen LogP) is 6.49. The normalized spacial score (nSPS) is 10.9. The van der Waals surface area contributed by atoms with Gasteiger partial charge in [-0.1, -0.05) is 50.2 Å². The number of fused-ring (bicyclic) bond motifs is 1. The van der Waals surface area contributed by atoms with Crippen molar-refractivity contribution in [2.24, 2.45) is 0 Å². The van der Waals surface area contributed by atoms with Crippen molar-refractivity contribution in [1.82, 2.24) is 10.3 Å². The largest absolute Gasteiger partial charge is 0.478 e. The van der Waals surface area contributed by atoms with Gasteiger partial charge in [0.05, 0.1) is 16.6 Å². The van der Waals surface area contributed by atoms with Gasteiger partial charge in [0.15, 0.2) is 0 Å². The van der Waals surface area contributed by atoms with Gasteiger partial charge < -0.3 is 15.7 Å². The predicted molar refractivity (Wildman–Crippen MR) is 138 cm³/mol. The molecule has 1 aromatic heterocycles. The molecule has 4 rings (SSSR count). The van der Waals surface area contributed by atoms with E-state index in [-0.39, 0.29) is 5.56 Å².